The van der Waals surface area contributed by atoms with E-state index in [4.69, 9.17) is 25.5 Å². The number of carbonyl (C=O) groups is 1. The van der Waals surface area contributed by atoms with Crippen molar-refractivity contribution in [3.63, 3.8) is 0 Å². The number of carbonyl (C=O) groups excluding carboxylic acids is 1. The lowest BCUT2D eigenvalue weighted by molar-refractivity contribution is 0.0971. The van der Waals surface area contributed by atoms with E-state index in [0.29, 0.717) is 44.8 Å². The van der Waals surface area contributed by atoms with E-state index in [1.54, 1.807) is 49.0 Å². The van der Waals surface area contributed by atoms with Crippen molar-refractivity contribution in [2.45, 2.75) is 12.6 Å². The number of fused-ring (bicyclic) bond motifs is 2. The molecule has 5 aromatic rings. The van der Waals surface area contributed by atoms with Crippen molar-refractivity contribution >= 4 is 44.9 Å². The fourth-order valence-corrected chi connectivity index (χ4v) is 5.34. The maximum Gasteiger partial charge on any atom is 0.297 e. The average molecular weight is 531 g/mol. The van der Waals surface area contributed by atoms with Crippen LogP contribution in [0.4, 0.5) is 5.13 Å². The Hall–Kier alpha value is -4.14. The highest BCUT2D eigenvalue weighted by Crippen LogP contribution is 2.44. The van der Waals surface area contributed by atoms with Gasteiger partial charge in [-0.3, -0.25) is 14.5 Å². The number of thiazole rings is 1. The van der Waals surface area contributed by atoms with Gasteiger partial charge in [-0.15, -0.1) is 11.3 Å². The van der Waals surface area contributed by atoms with Crippen LogP contribution in [-0.2, 0) is 6.61 Å². The van der Waals surface area contributed by atoms with E-state index in [0.717, 1.165) is 5.56 Å². The zero-order valence-corrected chi connectivity index (χ0v) is 21.1. The number of aromatic nitrogens is 1. The molecule has 0 spiro atoms. The van der Waals surface area contributed by atoms with Gasteiger partial charge < -0.3 is 13.9 Å². The van der Waals surface area contributed by atoms with E-state index in [2.05, 4.69) is 4.98 Å². The first-order valence-electron chi connectivity index (χ1n) is 11.4. The lowest BCUT2D eigenvalue weighted by atomic mass is 9.98. The van der Waals surface area contributed by atoms with Crippen LogP contribution in [0.3, 0.4) is 0 Å². The molecule has 0 aliphatic carbocycles. The van der Waals surface area contributed by atoms with Gasteiger partial charge in [0.25, 0.3) is 5.91 Å². The van der Waals surface area contributed by atoms with Crippen molar-refractivity contribution in [2.75, 3.05) is 12.0 Å². The Bertz CT molecular complexity index is 1680. The molecule has 37 heavy (non-hydrogen) atoms. The van der Waals surface area contributed by atoms with Gasteiger partial charge in [-0.05, 0) is 41.5 Å². The molecule has 1 atom stereocenters. The van der Waals surface area contributed by atoms with Crippen LogP contribution in [0, 0.1) is 0 Å². The molecule has 0 saturated carbocycles. The van der Waals surface area contributed by atoms with Gasteiger partial charge in [0.05, 0.1) is 24.1 Å². The number of methoxy groups -OCH3 is 1. The van der Waals surface area contributed by atoms with Crippen molar-refractivity contribution in [3.8, 4) is 11.5 Å². The number of ether oxygens (including phenoxy) is 2. The van der Waals surface area contributed by atoms with Crippen molar-refractivity contribution in [3.05, 3.63) is 116 Å². The van der Waals surface area contributed by atoms with Gasteiger partial charge in [0.15, 0.2) is 22.1 Å². The van der Waals surface area contributed by atoms with Gasteiger partial charge in [-0.25, -0.2) is 4.98 Å². The summed E-state index contributed by atoms with van der Waals surface area (Å²) < 4.78 is 17.6. The minimum Gasteiger partial charge on any atom is -0.493 e. The topological polar surface area (TPSA) is 81.9 Å². The molecule has 3 aromatic carbocycles. The summed E-state index contributed by atoms with van der Waals surface area (Å²) in [5.74, 6) is 0.565. The number of nitrogens with zero attached hydrogens (tertiary/aromatic N) is 2. The summed E-state index contributed by atoms with van der Waals surface area (Å²) in [7, 11) is 1.55. The molecule has 3 heterocycles. The molecule has 184 valence electrons. The summed E-state index contributed by atoms with van der Waals surface area (Å²) in [5, 5.41) is 2.93. The predicted molar refractivity (Wildman–Crippen MR) is 142 cm³/mol. The van der Waals surface area contributed by atoms with Crippen LogP contribution >= 0.6 is 22.9 Å². The number of amides is 1. The summed E-state index contributed by atoms with van der Waals surface area (Å²) in [6, 6.07) is 19.2. The lowest BCUT2D eigenvalue weighted by Crippen LogP contribution is -2.29. The van der Waals surface area contributed by atoms with Gasteiger partial charge in [0.2, 0.25) is 5.76 Å². The van der Waals surface area contributed by atoms with Gasteiger partial charge >= 0.3 is 0 Å². The van der Waals surface area contributed by atoms with Crippen LogP contribution in [0.5, 0.6) is 11.5 Å². The van der Waals surface area contributed by atoms with Gasteiger partial charge in [-0.2, -0.15) is 0 Å². The molecule has 1 amide bonds. The second-order valence-corrected chi connectivity index (χ2v) is 9.70. The number of rotatable bonds is 6. The smallest absolute Gasteiger partial charge is 0.297 e. The van der Waals surface area contributed by atoms with Crippen molar-refractivity contribution < 1.29 is 18.7 Å². The molecule has 0 bridgehead atoms. The fraction of sp³-hybridized carbons (Fsp3) is 0.107. The molecular weight excluding hydrogens is 512 g/mol. The Kier molecular flexibility index (Phi) is 5.90. The molecule has 0 radical (unpaired) electrons. The normalized spacial score (nSPS) is 14.7. The van der Waals surface area contributed by atoms with E-state index in [1.807, 2.05) is 36.4 Å². The number of hydrogen-bond donors (Lipinski definition) is 0. The van der Waals surface area contributed by atoms with E-state index < -0.39 is 11.9 Å². The molecule has 9 heteroatoms. The van der Waals surface area contributed by atoms with Crippen molar-refractivity contribution in [2.24, 2.45) is 0 Å². The van der Waals surface area contributed by atoms with E-state index >= 15 is 0 Å². The Morgan fingerprint density at radius 2 is 1.89 bits per heavy atom. The molecular formula is C28H19ClN2O5S. The third-order valence-corrected chi connectivity index (χ3v) is 7.20. The monoisotopic (exact) mass is 530 g/mol. The standard InChI is InChI=1S/C28H19ClN2O5S/c1-34-22-13-17(7-9-21(22)35-15-16-5-3-2-4-6-16)24-23-25(32)19-14-18(29)8-10-20(19)36-26(23)27(33)31(24)28-30-11-12-37-28/h2-14,24H,15H2,1H3. The van der Waals surface area contributed by atoms with Crippen molar-refractivity contribution in [1.29, 1.82) is 0 Å². The number of halogens is 1. The second-order valence-electron chi connectivity index (χ2n) is 8.39. The summed E-state index contributed by atoms with van der Waals surface area (Å²) in [4.78, 5) is 33.2. The molecule has 1 aliphatic rings. The molecule has 1 unspecified atom stereocenters. The predicted octanol–water partition coefficient (Wildman–Crippen LogP) is 6.24. The van der Waals surface area contributed by atoms with Crippen LogP contribution in [0.1, 0.15) is 33.3 Å². The largest absolute Gasteiger partial charge is 0.493 e. The first-order chi connectivity index (χ1) is 18.0. The van der Waals surface area contributed by atoms with Crippen molar-refractivity contribution in [1.82, 2.24) is 4.98 Å². The van der Waals surface area contributed by atoms with Gasteiger partial charge in [0.1, 0.15) is 12.2 Å². The van der Waals surface area contributed by atoms with Crippen LogP contribution < -0.4 is 19.8 Å². The zero-order chi connectivity index (χ0) is 25.5. The first-order valence-corrected chi connectivity index (χ1v) is 12.6. The van der Waals surface area contributed by atoms with Gasteiger partial charge in [0, 0.05) is 16.6 Å². The maximum absolute atomic E-state index is 13.7. The second kappa shape index (κ2) is 9.38. The Morgan fingerprint density at radius 1 is 1.05 bits per heavy atom. The minimum atomic E-state index is -0.773. The molecule has 2 aromatic heterocycles. The summed E-state index contributed by atoms with van der Waals surface area (Å²) >= 11 is 7.47. The van der Waals surface area contributed by atoms with Crippen LogP contribution in [0.2, 0.25) is 5.02 Å². The SMILES string of the molecule is COc1cc(C2c3c(oc4ccc(Cl)cc4c3=O)C(=O)N2c2nccs2)ccc1OCc1ccccc1. The fourth-order valence-electron chi connectivity index (χ4n) is 4.50. The van der Waals surface area contributed by atoms with E-state index in [1.165, 1.54) is 16.2 Å². The molecule has 0 fully saturated rings. The third-order valence-electron chi connectivity index (χ3n) is 6.20. The number of hydrogen-bond acceptors (Lipinski definition) is 7. The molecule has 7 nitrogen and oxygen atoms in total. The Labute approximate surface area is 220 Å². The average Bonchev–Trinajstić information content (AvgIpc) is 3.55. The Balaban J connectivity index is 1.48. The molecule has 0 N–H and O–H groups in total. The highest BCUT2D eigenvalue weighted by molar-refractivity contribution is 7.13. The molecule has 6 rings (SSSR count). The Morgan fingerprint density at radius 3 is 2.65 bits per heavy atom. The number of benzene rings is 3. The van der Waals surface area contributed by atoms with Crippen LogP contribution in [-0.4, -0.2) is 18.0 Å². The summed E-state index contributed by atoms with van der Waals surface area (Å²) in [5.41, 5.74) is 1.87. The van der Waals surface area contributed by atoms with E-state index in [9.17, 15) is 9.59 Å². The van der Waals surface area contributed by atoms with Crippen LogP contribution in [0.15, 0.2) is 87.5 Å². The minimum absolute atomic E-state index is 0.0107. The zero-order valence-electron chi connectivity index (χ0n) is 19.5. The maximum atomic E-state index is 13.7. The third kappa shape index (κ3) is 4.04. The van der Waals surface area contributed by atoms with Crippen LogP contribution in [0.25, 0.3) is 11.0 Å². The summed E-state index contributed by atoms with van der Waals surface area (Å²) in [6.45, 7) is 0.364. The molecule has 1 aliphatic heterocycles. The quantitative estimate of drug-likeness (QED) is 0.258. The highest BCUT2D eigenvalue weighted by atomic mass is 35.5. The number of anilines is 1. The lowest BCUT2D eigenvalue weighted by Gasteiger charge is -2.23. The first kappa shape index (κ1) is 23.3. The summed E-state index contributed by atoms with van der Waals surface area (Å²) in [6.07, 6.45) is 1.61. The highest BCUT2D eigenvalue weighted by Gasteiger charge is 2.45. The molecule has 0 saturated heterocycles. The van der Waals surface area contributed by atoms with Gasteiger partial charge in [-0.1, -0.05) is 48.0 Å². The van der Waals surface area contributed by atoms with E-state index in [-0.39, 0.29) is 16.8 Å².